The summed E-state index contributed by atoms with van der Waals surface area (Å²) in [7, 11) is 2.01. The standard InChI is InChI=1S/C18H20N2.ClH/c1-11-9-12(2)17(13(3)10-11)16-8-6-7-15-14(4)20(5)19-18(15)16;/h6-10H,1-5H3;1H. The summed E-state index contributed by atoms with van der Waals surface area (Å²) >= 11 is 0. The lowest BCUT2D eigenvalue weighted by atomic mass is 9.92. The second kappa shape index (κ2) is 5.53. The highest BCUT2D eigenvalue weighted by Crippen LogP contribution is 2.34. The maximum Gasteiger partial charge on any atom is 0.100 e. The Kier molecular flexibility index (Phi) is 4.11. The number of halogens is 1. The third-order valence-electron chi connectivity index (χ3n) is 4.11. The predicted molar refractivity (Wildman–Crippen MR) is 92.3 cm³/mol. The first-order valence-corrected chi connectivity index (χ1v) is 6.99. The lowest BCUT2D eigenvalue weighted by Crippen LogP contribution is -1.93. The van der Waals surface area contributed by atoms with Crippen LogP contribution in [0.5, 0.6) is 0 Å². The second-order valence-corrected chi connectivity index (χ2v) is 5.68. The van der Waals surface area contributed by atoms with Crippen LogP contribution < -0.4 is 0 Å². The molecule has 1 aromatic heterocycles. The van der Waals surface area contributed by atoms with Gasteiger partial charge in [-0.3, -0.25) is 4.68 Å². The van der Waals surface area contributed by atoms with Gasteiger partial charge >= 0.3 is 0 Å². The van der Waals surface area contributed by atoms with E-state index in [0.29, 0.717) is 0 Å². The van der Waals surface area contributed by atoms with Crippen molar-refractivity contribution in [1.82, 2.24) is 9.78 Å². The maximum atomic E-state index is 4.71. The van der Waals surface area contributed by atoms with E-state index < -0.39 is 0 Å². The van der Waals surface area contributed by atoms with Gasteiger partial charge in [-0.2, -0.15) is 5.10 Å². The number of aromatic nitrogens is 2. The summed E-state index contributed by atoms with van der Waals surface area (Å²) < 4.78 is 1.97. The number of nitrogens with zero attached hydrogens (tertiary/aromatic N) is 2. The van der Waals surface area contributed by atoms with Crippen LogP contribution in [-0.2, 0) is 7.05 Å². The molecule has 1 heterocycles. The van der Waals surface area contributed by atoms with Crippen LogP contribution in [0.15, 0.2) is 30.3 Å². The number of aryl methyl sites for hydroxylation is 5. The highest BCUT2D eigenvalue weighted by atomic mass is 35.5. The molecule has 0 fully saturated rings. The van der Waals surface area contributed by atoms with Crippen molar-refractivity contribution >= 4 is 23.3 Å². The monoisotopic (exact) mass is 300 g/mol. The fourth-order valence-corrected chi connectivity index (χ4v) is 3.15. The number of fused-ring (bicyclic) bond motifs is 1. The zero-order chi connectivity index (χ0) is 14.4. The first kappa shape index (κ1) is 15.6. The van der Waals surface area contributed by atoms with Gasteiger partial charge < -0.3 is 0 Å². The molecule has 0 aliphatic heterocycles. The molecule has 0 bridgehead atoms. The molecule has 3 rings (SSSR count). The largest absolute Gasteiger partial charge is 0.272 e. The summed E-state index contributed by atoms with van der Waals surface area (Å²) in [6.07, 6.45) is 0. The van der Waals surface area contributed by atoms with Gasteiger partial charge in [0.1, 0.15) is 5.52 Å². The van der Waals surface area contributed by atoms with Crippen LogP contribution in [0.2, 0.25) is 0 Å². The van der Waals surface area contributed by atoms with Gasteiger partial charge in [0, 0.05) is 23.7 Å². The molecule has 0 aliphatic carbocycles. The fraction of sp³-hybridized carbons (Fsp3) is 0.278. The molecule has 0 N–H and O–H groups in total. The highest BCUT2D eigenvalue weighted by Gasteiger charge is 2.14. The fourth-order valence-electron chi connectivity index (χ4n) is 3.15. The third kappa shape index (κ3) is 2.44. The van der Waals surface area contributed by atoms with E-state index in [2.05, 4.69) is 58.0 Å². The molecular weight excluding hydrogens is 280 g/mol. The Bertz CT molecular complexity index is 792. The van der Waals surface area contributed by atoms with Crippen LogP contribution in [-0.4, -0.2) is 9.78 Å². The minimum absolute atomic E-state index is 0. The topological polar surface area (TPSA) is 17.8 Å². The van der Waals surface area contributed by atoms with Crippen LogP contribution in [0.25, 0.3) is 22.0 Å². The Hall–Kier alpha value is -1.80. The second-order valence-electron chi connectivity index (χ2n) is 5.68. The SMILES string of the molecule is Cc1cc(C)c(-c2cccc3c(C)n(C)nc23)c(C)c1.Cl. The van der Waals surface area contributed by atoms with Crippen molar-refractivity contribution in [2.75, 3.05) is 0 Å². The summed E-state index contributed by atoms with van der Waals surface area (Å²) in [5.41, 5.74) is 8.82. The molecule has 0 spiro atoms. The molecule has 3 heteroatoms. The summed E-state index contributed by atoms with van der Waals surface area (Å²) in [5, 5.41) is 5.95. The van der Waals surface area contributed by atoms with Crippen LogP contribution in [0.4, 0.5) is 0 Å². The minimum atomic E-state index is 0. The third-order valence-corrected chi connectivity index (χ3v) is 4.11. The quantitative estimate of drug-likeness (QED) is 0.625. The highest BCUT2D eigenvalue weighted by molar-refractivity contribution is 5.96. The van der Waals surface area contributed by atoms with Gasteiger partial charge in [-0.05, 0) is 44.4 Å². The Balaban J connectivity index is 0.00000161. The average molecular weight is 301 g/mol. The summed E-state index contributed by atoms with van der Waals surface area (Å²) in [5.74, 6) is 0. The van der Waals surface area contributed by atoms with E-state index in [9.17, 15) is 0 Å². The van der Waals surface area contributed by atoms with E-state index in [4.69, 9.17) is 5.10 Å². The van der Waals surface area contributed by atoms with Crippen molar-refractivity contribution in [3.8, 4) is 11.1 Å². The van der Waals surface area contributed by atoms with Gasteiger partial charge in [0.15, 0.2) is 0 Å². The molecule has 21 heavy (non-hydrogen) atoms. The van der Waals surface area contributed by atoms with E-state index in [0.717, 1.165) is 5.52 Å². The summed E-state index contributed by atoms with van der Waals surface area (Å²) in [4.78, 5) is 0. The van der Waals surface area contributed by atoms with Crippen molar-refractivity contribution in [2.24, 2.45) is 7.05 Å². The van der Waals surface area contributed by atoms with Gasteiger partial charge in [0.25, 0.3) is 0 Å². The van der Waals surface area contributed by atoms with Crippen molar-refractivity contribution in [2.45, 2.75) is 27.7 Å². The molecule has 3 aromatic rings. The first-order chi connectivity index (χ1) is 9.49. The van der Waals surface area contributed by atoms with Gasteiger partial charge in [0.05, 0.1) is 0 Å². The molecule has 0 atom stereocenters. The predicted octanol–water partition coefficient (Wildman–Crippen LogP) is 4.90. The van der Waals surface area contributed by atoms with Crippen molar-refractivity contribution in [3.05, 3.63) is 52.7 Å². The van der Waals surface area contributed by atoms with Gasteiger partial charge in [-0.15, -0.1) is 12.4 Å². The van der Waals surface area contributed by atoms with E-state index in [1.165, 1.54) is 38.9 Å². The number of benzene rings is 2. The maximum absolute atomic E-state index is 4.71. The van der Waals surface area contributed by atoms with E-state index in [1.807, 2.05) is 11.7 Å². The Morgan fingerprint density at radius 3 is 2.19 bits per heavy atom. The van der Waals surface area contributed by atoms with Crippen LogP contribution in [0.1, 0.15) is 22.4 Å². The number of hydrogen-bond donors (Lipinski definition) is 0. The molecule has 2 nitrogen and oxygen atoms in total. The molecule has 0 radical (unpaired) electrons. The van der Waals surface area contributed by atoms with E-state index >= 15 is 0 Å². The van der Waals surface area contributed by atoms with E-state index in [-0.39, 0.29) is 12.4 Å². The smallest absolute Gasteiger partial charge is 0.100 e. The number of rotatable bonds is 1. The average Bonchev–Trinajstić information content (AvgIpc) is 2.66. The molecule has 0 aliphatic rings. The van der Waals surface area contributed by atoms with Crippen molar-refractivity contribution < 1.29 is 0 Å². The molecular formula is C18H21ClN2. The minimum Gasteiger partial charge on any atom is -0.272 e. The zero-order valence-corrected chi connectivity index (χ0v) is 14.0. The van der Waals surface area contributed by atoms with Gasteiger partial charge in [-0.1, -0.05) is 35.9 Å². The van der Waals surface area contributed by atoms with Gasteiger partial charge in [0.2, 0.25) is 0 Å². The lowest BCUT2D eigenvalue weighted by molar-refractivity contribution is 0.751. The van der Waals surface area contributed by atoms with Crippen molar-refractivity contribution in [3.63, 3.8) is 0 Å². The van der Waals surface area contributed by atoms with Gasteiger partial charge in [-0.25, -0.2) is 0 Å². The van der Waals surface area contributed by atoms with Crippen molar-refractivity contribution in [1.29, 1.82) is 0 Å². The molecule has 0 saturated carbocycles. The van der Waals surface area contributed by atoms with Crippen LogP contribution in [0, 0.1) is 27.7 Å². The lowest BCUT2D eigenvalue weighted by Gasteiger charge is -2.12. The normalized spacial score (nSPS) is 10.7. The zero-order valence-electron chi connectivity index (χ0n) is 13.2. The molecule has 0 amide bonds. The Labute approximate surface area is 132 Å². The summed E-state index contributed by atoms with van der Waals surface area (Å²) in [6.45, 7) is 8.64. The first-order valence-electron chi connectivity index (χ1n) is 6.99. The molecule has 0 unspecified atom stereocenters. The molecule has 110 valence electrons. The Morgan fingerprint density at radius 1 is 0.952 bits per heavy atom. The molecule has 2 aromatic carbocycles. The number of hydrogen-bond acceptors (Lipinski definition) is 1. The van der Waals surface area contributed by atoms with E-state index in [1.54, 1.807) is 0 Å². The summed E-state index contributed by atoms with van der Waals surface area (Å²) in [6, 6.07) is 11.0. The Morgan fingerprint density at radius 2 is 1.57 bits per heavy atom. The van der Waals surface area contributed by atoms with Crippen LogP contribution in [0.3, 0.4) is 0 Å². The van der Waals surface area contributed by atoms with Crippen LogP contribution >= 0.6 is 12.4 Å². The molecule has 0 saturated heterocycles.